The summed E-state index contributed by atoms with van der Waals surface area (Å²) in [5.41, 5.74) is 2.67. The minimum Gasteiger partial charge on any atom is -0.444 e. The van der Waals surface area contributed by atoms with Gasteiger partial charge in [-0.2, -0.15) is 0 Å². The molecule has 170 valence electrons. The van der Waals surface area contributed by atoms with Crippen molar-refractivity contribution in [2.75, 3.05) is 6.54 Å². The molecule has 2 aromatic heterocycles. The Hall–Kier alpha value is -3.26. The summed E-state index contributed by atoms with van der Waals surface area (Å²) < 4.78 is 23.6. The molecule has 0 bridgehead atoms. The van der Waals surface area contributed by atoms with Gasteiger partial charge in [-0.15, -0.1) is 0 Å². The van der Waals surface area contributed by atoms with Gasteiger partial charge < -0.3 is 9.64 Å². The summed E-state index contributed by atoms with van der Waals surface area (Å²) in [5.74, 6) is -0.373. The van der Waals surface area contributed by atoms with Crippen molar-refractivity contribution in [2.45, 2.75) is 45.3 Å². The molecule has 8 heteroatoms. The second-order valence-electron chi connectivity index (χ2n) is 9.30. The van der Waals surface area contributed by atoms with Crippen molar-refractivity contribution in [3.63, 3.8) is 0 Å². The fourth-order valence-electron chi connectivity index (χ4n) is 4.32. The van der Waals surface area contributed by atoms with Gasteiger partial charge in [-0.25, -0.2) is 14.2 Å². The minimum atomic E-state index is -0.577. The third-order valence-electron chi connectivity index (χ3n) is 5.79. The van der Waals surface area contributed by atoms with Crippen LogP contribution in [0.25, 0.3) is 26.4 Å². The molecule has 1 fully saturated rings. The van der Waals surface area contributed by atoms with E-state index in [0.29, 0.717) is 23.4 Å². The molecular weight excluding hydrogens is 441 g/mol. The van der Waals surface area contributed by atoms with Crippen LogP contribution in [0.3, 0.4) is 0 Å². The average Bonchev–Trinajstić information content (AvgIpc) is 3.46. The van der Waals surface area contributed by atoms with Gasteiger partial charge >= 0.3 is 6.09 Å². The van der Waals surface area contributed by atoms with Gasteiger partial charge in [-0.3, -0.25) is 9.20 Å². The number of rotatable bonds is 3. The Balaban J connectivity index is 1.44. The van der Waals surface area contributed by atoms with Crippen molar-refractivity contribution in [1.29, 1.82) is 0 Å². The van der Waals surface area contributed by atoms with Gasteiger partial charge in [0.25, 0.3) is 0 Å². The molecule has 0 N–H and O–H groups in total. The van der Waals surface area contributed by atoms with E-state index in [0.717, 1.165) is 39.9 Å². The number of aromatic nitrogens is 2. The Labute approximate surface area is 194 Å². The molecule has 1 aliphatic rings. The quantitative estimate of drug-likeness (QED) is 0.336. The number of carbonyl (C=O) groups is 2. The van der Waals surface area contributed by atoms with Crippen LogP contribution in [0, 0.1) is 5.82 Å². The number of hydrogen-bond acceptors (Lipinski definition) is 5. The van der Waals surface area contributed by atoms with Crippen molar-refractivity contribution < 1.29 is 18.7 Å². The highest BCUT2D eigenvalue weighted by Crippen LogP contribution is 2.36. The maximum absolute atomic E-state index is 15.2. The third kappa shape index (κ3) is 3.99. The lowest BCUT2D eigenvalue weighted by atomic mass is 10.0. The number of likely N-dealkylation sites (tertiary alicyclic amines) is 1. The molecule has 2 aromatic carbocycles. The van der Waals surface area contributed by atoms with Crippen LogP contribution in [0.1, 0.15) is 55.6 Å². The van der Waals surface area contributed by atoms with E-state index in [-0.39, 0.29) is 18.0 Å². The zero-order valence-corrected chi connectivity index (χ0v) is 19.5. The molecule has 33 heavy (non-hydrogen) atoms. The zero-order chi connectivity index (χ0) is 23.3. The van der Waals surface area contributed by atoms with Gasteiger partial charge in [0.05, 0.1) is 22.0 Å². The van der Waals surface area contributed by atoms with Crippen molar-refractivity contribution in [1.82, 2.24) is 14.3 Å². The molecule has 4 aromatic rings. The van der Waals surface area contributed by atoms with Crippen LogP contribution in [0.5, 0.6) is 0 Å². The van der Waals surface area contributed by atoms with Crippen molar-refractivity contribution in [2.24, 2.45) is 0 Å². The summed E-state index contributed by atoms with van der Waals surface area (Å²) in [5, 5.41) is 0. The lowest BCUT2D eigenvalue weighted by Crippen LogP contribution is -2.36. The van der Waals surface area contributed by atoms with Crippen LogP contribution in [-0.4, -0.2) is 38.8 Å². The molecule has 6 nitrogen and oxygen atoms in total. The maximum atomic E-state index is 15.2. The van der Waals surface area contributed by atoms with E-state index in [2.05, 4.69) is 4.98 Å². The fraction of sp³-hybridized carbons (Fsp3) is 0.320. The molecule has 1 aliphatic heterocycles. The van der Waals surface area contributed by atoms with E-state index in [1.54, 1.807) is 17.0 Å². The summed E-state index contributed by atoms with van der Waals surface area (Å²) >= 11 is 1.46. The first kappa shape index (κ1) is 21.6. The van der Waals surface area contributed by atoms with Gasteiger partial charge in [-0.1, -0.05) is 17.4 Å². The summed E-state index contributed by atoms with van der Waals surface area (Å²) in [6.45, 7) is 6.11. The van der Waals surface area contributed by atoms with Gasteiger partial charge in [0, 0.05) is 23.9 Å². The number of nitrogens with zero attached hydrogens (tertiary/aromatic N) is 3. The van der Waals surface area contributed by atoms with Gasteiger partial charge in [0.2, 0.25) is 0 Å². The summed E-state index contributed by atoms with van der Waals surface area (Å²) in [7, 11) is 0. The predicted octanol–water partition coefficient (Wildman–Crippen LogP) is 6.24. The summed E-state index contributed by atoms with van der Waals surface area (Å²) in [4.78, 5) is 30.7. The first-order valence-electron chi connectivity index (χ1n) is 10.9. The van der Waals surface area contributed by atoms with Gasteiger partial charge in [-0.05, 0) is 69.5 Å². The monoisotopic (exact) mass is 465 g/mol. The zero-order valence-electron chi connectivity index (χ0n) is 18.7. The molecule has 0 saturated carbocycles. The van der Waals surface area contributed by atoms with Crippen LogP contribution in [-0.2, 0) is 4.74 Å². The van der Waals surface area contributed by atoms with E-state index in [4.69, 9.17) is 4.74 Å². The van der Waals surface area contributed by atoms with Crippen LogP contribution in [0.15, 0.2) is 42.6 Å². The van der Waals surface area contributed by atoms with Gasteiger partial charge in [0.1, 0.15) is 17.7 Å². The number of aldehydes is 1. The smallest absolute Gasteiger partial charge is 0.410 e. The van der Waals surface area contributed by atoms with Crippen molar-refractivity contribution in [3.05, 3.63) is 59.5 Å². The minimum absolute atomic E-state index is 0.204. The Morgan fingerprint density at radius 3 is 2.79 bits per heavy atom. The second-order valence-corrected chi connectivity index (χ2v) is 10.3. The summed E-state index contributed by atoms with van der Waals surface area (Å²) in [6.07, 6.45) is 3.89. The predicted molar refractivity (Wildman–Crippen MR) is 126 cm³/mol. The summed E-state index contributed by atoms with van der Waals surface area (Å²) in [6, 6.07) is 10.4. The molecule has 5 rings (SSSR count). The number of benzene rings is 2. The van der Waals surface area contributed by atoms with E-state index in [1.807, 2.05) is 49.6 Å². The highest BCUT2D eigenvalue weighted by atomic mass is 32.1. The first-order chi connectivity index (χ1) is 15.7. The number of hydrogen-bond donors (Lipinski definition) is 0. The van der Waals surface area contributed by atoms with Crippen LogP contribution in [0.2, 0.25) is 0 Å². The fourth-order valence-corrected chi connectivity index (χ4v) is 5.38. The highest BCUT2D eigenvalue weighted by Gasteiger charge is 2.33. The number of amides is 1. The number of fused-ring (bicyclic) bond motifs is 3. The first-order valence-corrected chi connectivity index (χ1v) is 11.7. The van der Waals surface area contributed by atoms with Crippen LogP contribution < -0.4 is 0 Å². The number of carbonyl (C=O) groups excluding carboxylic acids is 2. The third-order valence-corrected chi connectivity index (χ3v) is 6.81. The topological polar surface area (TPSA) is 63.9 Å². The van der Waals surface area contributed by atoms with E-state index < -0.39 is 5.60 Å². The molecule has 0 spiro atoms. The van der Waals surface area contributed by atoms with Crippen LogP contribution in [0.4, 0.5) is 9.18 Å². The van der Waals surface area contributed by atoms with E-state index in [1.165, 1.54) is 17.4 Å². The average molecular weight is 466 g/mol. The molecular formula is C25H24FN3O3S. The number of thiazole rings is 1. The SMILES string of the molecule is CC(C)(C)OC(=O)N1CCCC1c1ccc(-c2cn3c(n2)sc2cc(C=O)ccc23)c(F)c1. The standard InChI is InChI=1S/C25H24FN3O3S/c1-25(2,3)32-24(31)28-10-4-5-20(28)16-7-8-17(18(26)12-16)19-13-29-21-9-6-15(14-30)11-22(21)33-23(29)27-19/h6-9,11-14,20H,4-5,10H2,1-3H3. The Bertz CT molecular complexity index is 1390. The lowest BCUT2D eigenvalue weighted by Gasteiger charge is -2.29. The maximum Gasteiger partial charge on any atom is 0.410 e. The lowest BCUT2D eigenvalue weighted by molar-refractivity contribution is 0.0224. The molecule has 0 radical (unpaired) electrons. The molecule has 0 aliphatic carbocycles. The van der Waals surface area contributed by atoms with Crippen LogP contribution >= 0.6 is 11.3 Å². The highest BCUT2D eigenvalue weighted by molar-refractivity contribution is 7.23. The Kier molecular flexibility index (Phi) is 5.20. The number of ether oxygens (including phenoxy) is 1. The Morgan fingerprint density at radius 1 is 1.24 bits per heavy atom. The van der Waals surface area contributed by atoms with Gasteiger partial charge in [0.15, 0.2) is 4.96 Å². The largest absolute Gasteiger partial charge is 0.444 e. The number of halogens is 1. The molecule has 1 amide bonds. The van der Waals surface area contributed by atoms with Crippen molar-refractivity contribution in [3.8, 4) is 11.3 Å². The van der Waals surface area contributed by atoms with Crippen molar-refractivity contribution >= 4 is 38.9 Å². The Morgan fingerprint density at radius 2 is 2.06 bits per heavy atom. The normalized spacial score (nSPS) is 16.6. The second kappa shape index (κ2) is 7.95. The van der Waals surface area contributed by atoms with E-state index >= 15 is 4.39 Å². The molecule has 1 atom stereocenters. The van der Waals surface area contributed by atoms with E-state index in [9.17, 15) is 9.59 Å². The molecule has 1 unspecified atom stereocenters. The molecule has 3 heterocycles. The number of imidazole rings is 1. The molecule has 1 saturated heterocycles.